The van der Waals surface area contributed by atoms with Crippen LogP contribution < -0.4 is 10.2 Å². The number of fused-ring (bicyclic) bond motifs is 2. The van der Waals surface area contributed by atoms with Crippen LogP contribution in [0.2, 0.25) is 0 Å². The Bertz CT molecular complexity index is 1240. The van der Waals surface area contributed by atoms with Crippen molar-refractivity contribution in [3.8, 4) is 34.5 Å². The van der Waals surface area contributed by atoms with E-state index in [1.165, 1.54) is 11.3 Å². The van der Waals surface area contributed by atoms with Crippen molar-refractivity contribution in [2.45, 2.75) is 56.4 Å². The van der Waals surface area contributed by atoms with Crippen LogP contribution in [0.15, 0.2) is 29.8 Å². The molecule has 4 atom stereocenters. The summed E-state index contributed by atoms with van der Waals surface area (Å²) in [4.78, 5) is 10.4. The molecule has 2 aliphatic rings. The quantitative estimate of drug-likeness (QED) is 0.600. The van der Waals surface area contributed by atoms with Gasteiger partial charge in [-0.3, -0.25) is 0 Å². The molecule has 2 saturated heterocycles. The summed E-state index contributed by atoms with van der Waals surface area (Å²) in [7, 11) is 1.83. The summed E-state index contributed by atoms with van der Waals surface area (Å²) in [5.74, 6) is 0.748. The number of piperidine rings is 1. The number of halogens is 1. The number of hydrogen-bond donors (Lipinski definition) is 2. The molecule has 1 aromatic carbocycles. The van der Waals surface area contributed by atoms with E-state index in [2.05, 4.69) is 32.4 Å². The minimum Gasteiger partial charge on any atom is -0.507 e. The van der Waals surface area contributed by atoms with Gasteiger partial charge in [0.15, 0.2) is 16.6 Å². The largest absolute Gasteiger partial charge is 0.507 e. The molecule has 4 heterocycles. The van der Waals surface area contributed by atoms with E-state index in [0.717, 1.165) is 12.8 Å². The molecule has 2 aliphatic heterocycles. The predicted molar refractivity (Wildman–Crippen MR) is 124 cm³/mol. The molecule has 170 valence electrons. The van der Waals surface area contributed by atoms with Crippen molar-refractivity contribution in [1.29, 1.82) is 5.26 Å². The van der Waals surface area contributed by atoms with Crippen LogP contribution in [0.4, 0.5) is 10.2 Å². The molecule has 10 heteroatoms. The van der Waals surface area contributed by atoms with Crippen molar-refractivity contribution in [2.24, 2.45) is 0 Å². The van der Waals surface area contributed by atoms with Crippen LogP contribution in [0.3, 0.4) is 0 Å². The molecule has 0 unspecified atom stereocenters. The second kappa shape index (κ2) is 7.71. The molecule has 3 aromatic rings. The van der Waals surface area contributed by atoms with Gasteiger partial charge in [-0.2, -0.15) is 5.26 Å². The van der Waals surface area contributed by atoms with Crippen LogP contribution in [-0.4, -0.2) is 55.6 Å². The number of aromatic hydroxyl groups is 1. The van der Waals surface area contributed by atoms with Gasteiger partial charge in [-0.25, -0.2) is 14.4 Å². The Morgan fingerprint density at radius 1 is 1.30 bits per heavy atom. The number of hydrogen-bond acceptors (Lipinski definition) is 9. The van der Waals surface area contributed by atoms with Gasteiger partial charge in [-0.15, -0.1) is 21.5 Å². The number of nitriles is 1. The Hall–Kier alpha value is -3.16. The first-order chi connectivity index (χ1) is 15.7. The molecule has 5 rings (SSSR count). The van der Waals surface area contributed by atoms with Gasteiger partial charge in [-0.05, 0) is 45.2 Å². The average Bonchev–Trinajstić information content (AvgIpc) is 3.39. The lowest BCUT2D eigenvalue weighted by molar-refractivity contribution is 0.0859. The smallest absolute Gasteiger partial charge is 0.194 e. The Kier molecular flexibility index (Phi) is 5.06. The summed E-state index contributed by atoms with van der Waals surface area (Å²) >= 11 is 1.25. The van der Waals surface area contributed by atoms with E-state index in [1.807, 2.05) is 24.9 Å². The Morgan fingerprint density at radius 3 is 2.79 bits per heavy atom. The second-order valence-electron chi connectivity index (χ2n) is 9.41. The summed E-state index contributed by atoms with van der Waals surface area (Å²) in [6.45, 7) is 4.10. The maximum atomic E-state index is 15.4. The fourth-order valence-corrected chi connectivity index (χ4v) is 5.71. The molecular formula is C23H24FN7OS. The van der Waals surface area contributed by atoms with E-state index in [4.69, 9.17) is 5.26 Å². The van der Waals surface area contributed by atoms with Crippen molar-refractivity contribution in [2.75, 3.05) is 11.9 Å². The molecule has 0 radical (unpaired) electrons. The first kappa shape index (κ1) is 21.7. The highest BCUT2D eigenvalue weighted by molar-refractivity contribution is 7.10. The number of rotatable bonds is 4. The molecule has 2 bridgehead atoms. The maximum absolute atomic E-state index is 15.4. The number of phenols is 1. The average molecular weight is 466 g/mol. The zero-order valence-electron chi connectivity index (χ0n) is 18.6. The molecule has 33 heavy (non-hydrogen) atoms. The molecule has 0 aliphatic carbocycles. The number of alkyl halides is 1. The number of thiazole rings is 1. The lowest BCUT2D eigenvalue weighted by Gasteiger charge is -2.47. The zero-order valence-corrected chi connectivity index (χ0v) is 19.4. The highest BCUT2D eigenvalue weighted by atomic mass is 32.1. The van der Waals surface area contributed by atoms with Gasteiger partial charge in [0.1, 0.15) is 18.0 Å². The molecule has 0 saturated carbocycles. The van der Waals surface area contributed by atoms with E-state index in [1.54, 1.807) is 29.8 Å². The van der Waals surface area contributed by atoms with Crippen molar-refractivity contribution in [1.82, 2.24) is 25.5 Å². The molecule has 2 fully saturated rings. The van der Waals surface area contributed by atoms with Gasteiger partial charge in [0, 0.05) is 29.1 Å². The van der Waals surface area contributed by atoms with Crippen molar-refractivity contribution in [3.63, 3.8) is 0 Å². The molecule has 8 nitrogen and oxygen atoms in total. The van der Waals surface area contributed by atoms with Gasteiger partial charge in [0.2, 0.25) is 0 Å². The van der Waals surface area contributed by atoms with Gasteiger partial charge in [-0.1, -0.05) is 6.07 Å². The lowest BCUT2D eigenvalue weighted by atomic mass is 9.82. The molecule has 2 N–H and O–H groups in total. The third-order valence-electron chi connectivity index (χ3n) is 6.93. The fraction of sp³-hybridized carbons (Fsp3) is 0.435. The first-order valence-corrected chi connectivity index (χ1v) is 11.6. The van der Waals surface area contributed by atoms with Gasteiger partial charge in [0.05, 0.1) is 23.5 Å². The van der Waals surface area contributed by atoms with Crippen molar-refractivity contribution >= 4 is 17.2 Å². The summed E-state index contributed by atoms with van der Waals surface area (Å²) in [5, 5.41) is 33.6. The minimum absolute atomic E-state index is 0.0125. The van der Waals surface area contributed by atoms with E-state index in [9.17, 15) is 5.11 Å². The first-order valence-electron chi connectivity index (χ1n) is 10.8. The van der Waals surface area contributed by atoms with Crippen LogP contribution in [0.25, 0.3) is 22.6 Å². The maximum Gasteiger partial charge on any atom is 0.194 e. The third-order valence-corrected chi connectivity index (χ3v) is 7.68. The van der Waals surface area contributed by atoms with Crippen LogP contribution in [0, 0.1) is 11.3 Å². The van der Waals surface area contributed by atoms with Gasteiger partial charge < -0.3 is 15.3 Å². The number of phenolic OH excluding ortho intramolecular Hbond substituents is 1. The molecular weight excluding hydrogens is 441 g/mol. The zero-order chi connectivity index (χ0) is 23.4. The van der Waals surface area contributed by atoms with E-state index < -0.39 is 11.7 Å². The van der Waals surface area contributed by atoms with Crippen LogP contribution in [0.5, 0.6) is 5.75 Å². The summed E-state index contributed by atoms with van der Waals surface area (Å²) in [5.41, 5.74) is 1.12. The van der Waals surface area contributed by atoms with E-state index >= 15 is 4.39 Å². The van der Waals surface area contributed by atoms with E-state index in [0.29, 0.717) is 34.1 Å². The van der Waals surface area contributed by atoms with E-state index in [-0.39, 0.29) is 23.2 Å². The van der Waals surface area contributed by atoms with Crippen LogP contribution >= 0.6 is 11.3 Å². The van der Waals surface area contributed by atoms with Crippen LogP contribution in [-0.2, 0) is 0 Å². The van der Waals surface area contributed by atoms with Crippen LogP contribution in [0.1, 0.15) is 38.1 Å². The normalized spacial score (nSPS) is 28.5. The number of anilines is 1. The monoisotopic (exact) mass is 465 g/mol. The Morgan fingerprint density at radius 2 is 2.12 bits per heavy atom. The Balaban J connectivity index is 1.37. The molecule has 0 spiro atoms. The lowest BCUT2D eigenvalue weighted by Crippen LogP contribution is -2.65. The number of nitrogens with one attached hydrogen (secondary N) is 1. The van der Waals surface area contributed by atoms with Crippen molar-refractivity contribution < 1.29 is 9.50 Å². The summed E-state index contributed by atoms with van der Waals surface area (Å²) in [6.07, 6.45) is 2.97. The second-order valence-corrected chi connectivity index (χ2v) is 10.3. The highest BCUT2D eigenvalue weighted by Crippen LogP contribution is 2.45. The minimum atomic E-state index is -1.04. The molecule has 0 amide bonds. The highest BCUT2D eigenvalue weighted by Gasteiger charge is 2.56. The summed E-state index contributed by atoms with van der Waals surface area (Å²) in [6, 6.07) is 6.73. The Labute approximate surface area is 195 Å². The van der Waals surface area contributed by atoms with Crippen molar-refractivity contribution in [3.05, 3.63) is 34.8 Å². The number of benzene rings is 1. The third kappa shape index (κ3) is 3.71. The standard InChI is InChI=1S/C23H24FN7OS/c1-22-6-7-23(2,30-22)20(24)16(9-22)31(3)18-11-26-21(29-28-18)14-5-4-13(8-17(14)32)15-12-33-19(10-25)27-15/h4-5,8,11-12,16,20,30,32H,6-7,9H2,1-3H3/t16-,20-,22-,23+/m1/s1. The predicted octanol–water partition coefficient (Wildman–Crippen LogP) is 3.69. The summed E-state index contributed by atoms with van der Waals surface area (Å²) < 4.78 is 15.4. The topological polar surface area (TPSA) is 111 Å². The number of aromatic nitrogens is 4. The fourth-order valence-electron chi connectivity index (χ4n) is 5.09. The van der Waals surface area contributed by atoms with Gasteiger partial charge >= 0.3 is 0 Å². The SMILES string of the molecule is CN(c1cnc(-c2ccc(-c3csc(C#N)n3)cc2O)nn1)[C@@H]1C[C@@]2(C)CC[C@](C)(N2)[C@@H]1F. The number of nitrogens with zero attached hydrogens (tertiary/aromatic N) is 6. The molecule has 2 aromatic heterocycles. The van der Waals surface area contributed by atoms with Gasteiger partial charge in [0.25, 0.3) is 0 Å².